The molecule has 9 heteroatoms. The first-order valence-corrected chi connectivity index (χ1v) is 10.6. The molecule has 1 heterocycles. The fourth-order valence-electron chi connectivity index (χ4n) is 2.79. The summed E-state index contributed by atoms with van der Waals surface area (Å²) in [6, 6.07) is 6.55. The second-order valence-corrected chi connectivity index (χ2v) is 8.07. The SMILES string of the molecule is CCOCCOc1ccc(S(=O)(=O)N2CCC(OCCCN)CC2)cc1.Cl. The van der Waals surface area contributed by atoms with Gasteiger partial charge in [-0.05, 0) is 57.0 Å². The van der Waals surface area contributed by atoms with Gasteiger partial charge in [0.15, 0.2) is 0 Å². The van der Waals surface area contributed by atoms with E-state index < -0.39 is 10.0 Å². The van der Waals surface area contributed by atoms with Crippen molar-refractivity contribution >= 4 is 22.4 Å². The number of hydrogen-bond acceptors (Lipinski definition) is 6. The minimum atomic E-state index is -3.48. The Morgan fingerprint density at radius 3 is 2.37 bits per heavy atom. The molecule has 27 heavy (non-hydrogen) atoms. The van der Waals surface area contributed by atoms with Crippen molar-refractivity contribution in [1.29, 1.82) is 0 Å². The van der Waals surface area contributed by atoms with E-state index in [1.807, 2.05) is 6.92 Å². The number of hydrogen-bond donors (Lipinski definition) is 1. The third-order valence-electron chi connectivity index (χ3n) is 4.26. The van der Waals surface area contributed by atoms with Gasteiger partial charge in [0, 0.05) is 26.3 Å². The highest BCUT2D eigenvalue weighted by Gasteiger charge is 2.29. The van der Waals surface area contributed by atoms with Crippen LogP contribution < -0.4 is 10.5 Å². The highest BCUT2D eigenvalue weighted by Crippen LogP contribution is 2.24. The van der Waals surface area contributed by atoms with Gasteiger partial charge in [-0.3, -0.25) is 0 Å². The van der Waals surface area contributed by atoms with E-state index in [0.717, 1.165) is 6.42 Å². The number of piperidine rings is 1. The summed E-state index contributed by atoms with van der Waals surface area (Å²) in [5.74, 6) is 0.635. The van der Waals surface area contributed by atoms with Gasteiger partial charge in [0.25, 0.3) is 0 Å². The maximum atomic E-state index is 12.8. The minimum Gasteiger partial charge on any atom is -0.491 e. The second-order valence-electron chi connectivity index (χ2n) is 6.13. The van der Waals surface area contributed by atoms with Crippen LogP contribution in [0.25, 0.3) is 0 Å². The van der Waals surface area contributed by atoms with Crippen LogP contribution in [0.4, 0.5) is 0 Å². The molecule has 0 saturated carbocycles. The van der Waals surface area contributed by atoms with Gasteiger partial charge in [-0.2, -0.15) is 4.31 Å². The summed E-state index contributed by atoms with van der Waals surface area (Å²) in [6.45, 7) is 5.72. The molecule has 2 N–H and O–H groups in total. The standard InChI is InChI=1S/C18H30N2O5S.ClH/c1-2-23-14-15-25-16-4-6-18(7-5-16)26(21,22)20-11-8-17(9-12-20)24-13-3-10-19;/h4-7,17H,2-3,8-15,19H2,1H3;1H. The van der Waals surface area contributed by atoms with Gasteiger partial charge in [0.1, 0.15) is 12.4 Å². The zero-order chi connectivity index (χ0) is 18.8. The summed E-state index contributed by atoms with van der Waals surface area (Å²) < 4.78 is 43.5. The Labute approximate surface area is 168 Å². The van der Waals surface area contributed by atoms with Gasteiger partial charge in [-0.25, -0.2) is 8.42 Å². The van der Waals surface area contributed by atoms with Gasteiger partial charge in [0.2, 0.25) is 10.0 Å². The molecule has 0 unspecified atom stereocenters. The first-order valence-electron chi connectivity index (χ1n) is 9.20. The van der Waals surface area contributed by atoms with Crippen LogP contribution in [0.5, 0.6) is 5.75 Å². The molecule has 1 fully saturated rings. The van der Waals surface area contributed by atoms with Crippen molar-refractivity contribution in [2.75, 3.05) is 46.1 Å². The van der Waals surface area contributed by atoms with Gasteiger partial charge in [-0.15, -0.1) is 12.4 Å². The van der Waals surface area contributed by atoms with Gasteiger partial charge >= 0.3 is 0 Å². The molecule has 1 saturated heterocycles. The predicted octanol–water partition coefficient (Wildman–Crippen LogP) is 2.04. The third-order valence-corrected chi connectivity index (χ3v) is 6.18. The lowest BCUT2D eigenvalue weighted by molar-refractivity contribution is 0.0209. The molecule has 1 aromatic rings. The monoisotopic (exact) mass is 422 g/mol. The van der Waals surface area contributed by atoms with Crippen molar-refractivity contribution < 1.29 is 22.6 Å². The molecule has 0 spiro atoms. The fourth-order valence-corrected chi connectivity index (χ4v) is 4.26. The van der Waals surface area contributed by atoms with E-state index in [-0.39, 0.29) is 23.4 Å². The van der Waals surface area contributed by atoms with E-state index in [1.54, 1.807) is 24.3 Å². The number of nitrogens with zero attached hydrogens (tertiary/aromatic N) is 1. The van der Waals surface area contributed by atoms with Crippen molar-refractivity contribution in [3.63, 3.8) is 0 Å². The molecule has 0 aliphatic carbocycles. The molecular formula is C18H31ClN2O5S. The highest BCUT2D eigenvalue weighted by atomic mass is 35.5. The first kappa shape index (κ1) is 24.1. The van der Waals surface area contributed by atoms with E-state index >= 15 is 0 Å². The van der Waals surface area contributed by atoms with Crippen LogP contribution in [-0.4, -0.2) is 64.9 Å². The largest absolute Gasteiger partial charge is 0.491 e. The average molecular weight is 423 g/mol. The lowest BCUT2D eigenvalue weighted by atomic mass is 10.1. The normalized spacial score (nSPS) is 16.1. The summed E-state index contributed by atoms with van der Waals surface area (Å²) in [6.07, 6.45) is 2.37. The topological polar surface area (TPSA) is 91.1 Å². The smallest absolute Gasteiger partial charge is 0.243 e. The van der Waals surface area contributed by atoms with Crippen molar-refractivity contribution in [3.05, 3.63) is 24.3 Å². The maximum absolute atomic E-state index is 12.8. The molecule has 0 aromatic heterocycles. The second kappa shape index (κ2) is 12.5. The predicted molar refractivity (Wildman–Crippen MR) is 107 cm³/mol. The molecule has 156 valence electrons. The Balaban J connectivity index is 0.00000364. The summed E-state index contributed by atoms with van der Waals surface area (Å²) in [5.41, 5.74) is 5.46. The minimum absolute atomic E-state index is 0. The Hall–Kier alpha value is -0.900. The van der Waals surface area contributed by atoms with Gasteiger partial charge in [-0.1, -0.05) is 0 Å². The fraction of sp³-hybridized carbons (Fsp3) is 0.667. The van der Waals surface area contributed by atoms with Crippen LogP contribution in [0.1, 0.15) is 26.2 Å². The van der Waals surface area contributed by atoms with Crippen molar-refractivity contribution in [2.45, 2.75) is 37.2 Å². The Morgan fingerprint density at radius 2 is 1.78 bits per heavy atom. The highest BCUT2D eigenvalue weighted by molar-refractivity contribution is 7.89. The molecule has 0 bridgehead atoms. The molecule has 0 radical (unpaired) electrons. The zero-order valence-corrected chi connectivity index (χ0v) is 17.5. The number of ether oxygens (including phenoxy) is 3. The van der Waals surface area contributed by atoms with Crippen LogP contribution in [0.3, 0.4) is 0 Å². The Bertz CT molecular complexity index is 619. The molecule has 1 aliphatic heterocycles. The molecule has 1 aliphatic rings. The summed E-state index contributed by atoms with van der Waals surface area (Å²) >= 11 is 0. The van der Waals surface area contributed by atoms with Crippen LogP contribution in [0, 0.1) is 0 Å². The van der Waals surface area contributed by atoms with E-state index in [2.05, 4.69) is 0 Å². The lowest BCUT2D eigenvalue weighted by Crippen LogP contribution is -2.40. The number of benzene rings is 1. The number of halogens is 1. The summed E-state index contributed by atoms with van der Waals surface area (Å²) in [7, 11) is -3.48. The molecular weight excluding hydrogens is 392 g/mol. The summed E-state index contributed by atoms with van der Waals surface area (Å²) in [4.78, 5) is 0.289. The van der Waals surface area contributed by atoms with Crippen LogP contribution in [0.2, 0.25) is 0 Å². The maximum Gasteiger partial charge on any atom is 0.243 e. The third kappa shape index (κ3) is 7.56. The lowest BCUT2D eigenvalue weighted by Gasteiger charge is -2.31. The van der Waals surface area contributed by atoms with E-state index in [4.69, 9.17) is 19.9 Å². The van der Waals surface area contributed by atoms with Crippen LogP contribution in [0.15, 0.2) is 29.2 Å². The molecule has 0 atom stereocenters. The molecule has 1 aromatic carbocycles. The van der Waals surface area contributed by atoms with Gasteiger partial charge in [0.05, 0.1) is 17.6 Å². The Morgan fingerprint density at radius 1 is 1.11 bits per heavy atom. The van der Waals surface area contributed by atoms with E-state index in [9.17, 15) is 8.42 Å². The van der Waals surface area contributed by atoms with Gasteiger partial charge < -0.3 is 19.9 Å². The zero-order valence-electron chi connectivity index (χ0n) is 15.8. The van der Waals surface area contributed by atoms with E-state index in [0.29, 0.717) is 64.7 Å². The number of rotatable bonds is 11. The van der Waals surface area contributed by atoms with Crippen LogP contribution in [-0.2, 0) is 19.5 Å². The van der Waals surface area contributed by atoms with Crippen LogP contribution >= 0.6 is 12.4 Å². The summed E-state index contributed by atoms with van der Waals surface area (Å²) in [5, 5.41) is 0. The van der Waals surface area contributed by atoms with Crippen molar-refractivity contribution in [3.8, 4) is 5.75 Å². The first-order chi connectivity index (χ1) is 12.6. The average Bonchev–Trinajstić information content (AvgIpc) is 2.66. The van der Waals surface area contributed by atoms with Crippen molar-refractivity contribution in [1.82, 2.24) is 4.31 Å². The van der Waals surface area contributed by atoms with E-state index in [1.165, 1.54) is 4.31 Å². The molecule has 2 rings (SSSR count). The van der Waals surface area contributed by atoms with Crippen molar-refractivity contribution in [2.24, 2.45) is 5.73 Å². The number of nitrogens with two attached hydrogens (primary N) is 1. The molecule has 7 nitrogen and oxygen atoms in total. The Kier molecular flexibility index (Phi) is 11.2. The number of sulfonamides is 1. The quantitative estimate of drug-likeness (QED) is 0.549. The molecule has 0 amide bonds.